The van der Waals surface area contributed by atoms with E-state index < -0.39 is 18.4 Å². The van der Waals surface area contributed by atoms with Gasteiger partial charge in [-0.3, -0.25) is 19.3 Å². The largest absolute Gasteiger partial charge is 0.507 e. The third-order valence-electron chi connectivity index (χ3n) is 5.92. The maximum absolute atomic E-state index is 13.1. The van der Waals surface area contributed by atoms with Crippen LogP contribution in [-0.2, 0) is 4.79 Å². The van der Waals surface area contributed by atoms with Crippen LogP contribution in [-0.4, -0.2) is 52.5 Å². The Morgan fingerprint density at radius 1 is 0.919 bits per heavy atom. The zero-order valence-electron chi connectivity index (χ0n) is 19.7. The highest BCUT2D eigenvalue weighted by Gasteiger charge is 2.24. The number of halogens is 2. The van der Waals surface area contributed by atoms with E-state index in [9.17, 15) is 24.6 Å². The van der Waals surface area contributed by atoms with Gasteiger partial charge in [0.15, 0.2) is 5.75 Å². The van der Waals surface area contributed by atoms with Crippen LogP contribution in [0.4, 0.5) is 5.69 Å². The van der Waals surface area contributed by atoms with Crippen LogP contribution in [0.15, 0.2) is 69.6 Å². The molecule has 0 aliphatic carbocycles. The lowest BCUT2D eigenvalue weighted by Gasteiger charge is -2.27. The summed E-state index contributed by atoms with van der Waals surface area (Å²) in [6.45, 7) is 0.764. The number of aliphatic carboxylic acids is 1. The summed E-state index contributed by atoms with van der Waals surface area (Å²) >= 11 is 6.91. The lowest BCUT2D eigenvalue weighted by Crippen LogP contribution is -2.35. The fourth-order valence-corrected chi connectivity index (χ4v) is 5.41. The molecule has 37 heavy (non-hydrogen) atoms. The molecule has 2 amide bonds. The molecule has 1 aliphatic heterocycles. The number of carboxylic acid groups (broad SMARTS) is 1. The average molecular weight is 632 g/mol. The summed E-state index contributed by atoms with van der Waals surface area (Å²) in [5.41, 5.74) is 0.852. The normalized spacial score (nSPS) is 13.2. The smallest absolute Gasteiger partial charge is 0.323 e. The van der Waals surface area contributed by atoms with E-state index in [1.807, 2.05) is 0 Å². The van der Waals surface area contributed by atoms with Gasteiger partial charge in [0.1, 0.15) is 18.0 Å². The molecule has 0 unspecified atom stereocenters. The number of rotatable bonds is 7. The van der Waals surface area contributed by atoms with E-state index in [-0.39, 0.29) is 17.2 Å². The average Bonchev–Trinajstić information content (AvgIpc) is 2.90. The van der Waals surface area contributed by atoms with Crippen molar-refractivity contribution >= 4 is 55.3 Å². The summed E-state index contributed by atoms with van der Waals surface area (Å²) in [7, 11) is 0. The number of ether oxygens (including phenoxy) is 1. The van der Waals surface area contributed by atoms with Gasteiger partial charge in [-0.1, -0.05) is 18.2 Å². The second-order valence-electron chi connectivity index (χ2n) is 8.52. The van der Waals surface area contributed by atoms with Crippen LogP contribution in [0.1, 0.15) is 40.0 Å². The van der Waals surface area contributed by atoms with Crippen molar-refractivity contribution in [2.45, 2.75) is 19.3 Å². The molecule has 0 atom stereocenters. The van der Waals surface area contributed by atoms with Crippen LogP contribution in [0, 0.1) is 0 Å². The van der Waals surface area contributed by atoms with E-state index in [2.05, 4.69) is 31.9 Å². The molecule has 1 fully saturated rings. The summed E-state index contributed by atoms with van der Waals surface area (Å²) in [6.07, 6.45) is 2.94. The Balaban J connectivity index is 1.62. The first-order chi connectivity index (χ1) is 17.7. The molecule has 0 aromatic heterocycles. The van der Waals surface area contributed by atoms with Crippen molar-refractivity contribution in [3.05, 3.63) is 80.7 Å². The Kier molecular flexibility index (Phi) is 8.50. The minimum Gasteiger partial charge on any atom is -0.507 e. The van der Waals surface area contributed by atoms with Crippen molar-refractivity contribution in [3.63, 3.8) is 0 Å². The fourth-order valence-electron chi connectivity index (χ4n) is 4.09. The SMILES string of the molecule is O=C(O)CN(C(=O)c1ccccc1)c1cc(Br)c(Oc2ccc(O)c(C(=O)N3CCCCC3)c2)c(Br)c1. The molecule has 0 radical (unpaired) electrons. The number of piperidine rings is 1. The van der Waals surface area contributed by atoms with Crippen molar-refractivity contribution in [3.8, 4) is 17.2 Å². The number of nitrogens with zero attached hydrogens (tertiary/aromatic N) is 2. The van der Waals surface area contributed by atoms with Crippen LogP contribution in [0.2, 0.25) is 0 Å². The van der Waals surface area contributed by atoms with E-state index in [1.54, 1.807) is 53.4 Å². The number of carboxylic acids is 1. The van der Waals surface area contributed by atoms with E-state index >= 15 is 0 Å². The first kappa shape index (κ1) is 26.7. The summed E-state index contributed by atoms with van der Waals surface area (Å²) in [4.78, 5) is 40.5. The maximum Gasteiger partial charge on any atom is 0.323 e. The van der Waals surface area contributed by atoms with Crippen LogP contribution in [0.3, 0.4) is 0 Å². The number of hydrogen-bond donors (Lipinski definition) is 2. The third-order valence-corrected chi connectivity index (χ3v) is 7.09. The molecule has 1 saturated heterocycles. The van der Waals surface area contributed by atoms with Gasteiger partial charge in [0.25, 0.3) is 11.8 Å². The molecule has 8 nitrogen and oxygen atoms in total. The van der Waals surface area contributed by atoms with E-state index in [0.717, 1.165) is 24.2 Å². The third kappa shape index (κ3) is 6.31. The van der Waals surface area contributed by atoms with Crippen molar-refractivity contribution in [1.29, 1.82) is 0 Å². The minimum absolute atomic E-state index is 0.125. The number of phenols is 1. The molecule has 0 spiro atoms. The van der Waals surface area contributed by atoms with Crippen LogP contribution >= 0.6 is 31.9 Å². The van der Waals surface area contributed by atoms with E-state index in [0.29, 0.717) is 44.8 Å². The Labute approximate surface area is 230 Å². The second kappa shape index (κ2) is 11.8. The highest BCUT2D eigenvalue weighted by Crippen LogP contribution is 2.41. The molecular formula is C27H24Br2N2O6. The predicted octanol–water partition coefficient (Wildman–Crippen LogP) is 6.07. The number of carbonyl (C=O) groups is 3. The molecule has 10 heteroatoms. The molecular weight excluding hydrogens is 608 g/mol. The number of anilines is 1. The van der Waals surface area contributed by atoms with Gasteiger partial charge in [-0.15, -0.1) is 0 Å². The Morgan fingerprint density at radius 3 is 2.19 bits per heavy atom. The van der Waals surface area contributed by atoms with Gasteiger partial charge in [0, 0.05) is 24.3 Å². The molecule has 3 aromatic carbocycles. The first-order valence-electron chi connectivity index (χ1n) is 11.6. The molecule has 4 rings (SSSR count). The number of phenolic OH excluding ortho intramolecular Hbond substituents is 1. The standard InChI is InChI=1S/C27H24Br2N2O6/c28-21-13-18(31(16-24(33)34)26(35)17-7-3-1-4-8-17)14-22(29)25(21)37-19-9-10-23(32)20(15-19)27(36)30-11-5-2-6-12-30/h1,3-4,7-10,13-15,32H,2,5-6,11-12,16H2,(H,33,34). The van der Waals surface area contributed by atoms with Gasteiger partial charge in [-0.25, -0.2) is 0 Å². The van der Waals surface area contributed by atoms with Gasteiger partial charge in [-0.05, 0) is 93.6 Å². The van der Waals surface area contributed by atoms with Crippen molar-refractivity contribution in [1.82, 2.24) is 4.90 Å². The van der Waals surface area contributed by atoms with Crippen molar-refractivity contribution in [2.24, 2.45) is 0 Å². The lowest BCUT2D eigenvalue weighted by atomic mass is 10.1. The van der Waals surface area contributed by atoms with Crippen LogP contribution in [0.5, 0.6) is 17.2 Å². The quantitative estimate of drug-likeness (QED) is 0.328. The zero-order chi connectivity index (χ0) is 26.5. The second-order valence-corrected chi connectivity index (χ2v) is 10.2. The summed E-state index contributed by atoms with van der Waals surface area (Å²) in [5.74, 6) is -1.31. The molecule has 192 valence electrons. The number of benzene rings is 3. The monoisotopic (exact) mass is 630 g/mol. The highest BCUT2D eigenvalue weighted by atomic mass is 79.9. The Hall–Kier alpha value is -3.37. The summed E-state index contributed by atoms with van der Waals surface area (Å²) in [6, 6.07) is 16.0. The van der Waals surface area contributed by atoms with Gasteiger partial charge in [-0.2, -0.15) is 0 Å². The van der Waals surface area contributed by atoms with Crippen molar-refractivity contribution < 1.29 is 29.3 Å². The molecule has 0 saturated carbocycles. The Bertz CT molecular complexity index is 1300. The van der Waals surface area contributed by atoms with Gasteiger partial charge in [0.2, 0.25) is 0 Å². The van der Waals surface area contributed by atoms with Gasteiger partial charge >= 0.3 is 5.97 Å². The van der Waals surface area contributed by atoms with Crippen molar-refractivity contribution in [2.75, 3.05) is 24.5 Å². The molecule has 1 heterocycles. The number of aromatic hydroxyl groups is 1. The number of carbonyl (C=O) groups excluding carboxylic acids is 2. The summed E-state index contributed by atoms with van der Waals surface area (Å²) in [5, 5.41) is 19.7. The lowest BCUT2D eigenvalue weighted by molar-refractivity contribution is -0.135. The van der Waals surface area contributed by atoms with Gasteiger partial charge < -0.3 is 19.8 Å². The zero-order valence-corrected chi connectivity index (χ0v) is 22.9. The highest BCUT2D eigenvalue weighted by molar-refractivity contribution is 9.11. The Morgan fingerprint density at radius 2 is 1.57 bits per heavy atom. The maximum atomic E-state index is 13.1. The first-order valence-corrected chi connectivity index (χ1v) is 13.2. The van der Waals surface area contributed by atoms with Crippen LogP contribution in [0.25, 0.3) is 0 Å². The predicted molar refractivity (Wildman–Crippen MR) is 146 cm³/mol. The number of hydrogen-bond acceptors (Lipinski definition) is 5. The van der Waals surface area contributed by atoms with E-state index in [1.165, 1.54) is 12.1 Å². The topological polar surface area (TPSA) is 107 Å². The summed E-state index contributed by atoms with van der Waals surface area (Å²) < 4.78 is 6.94. The molecule has 0 bridgehead atoms. The molecule has 1 aliphatic rings. The fraction of sp³-hybridized carbons (Fsp3) is 0.222. The van der Waals surface area contributed by atoms with E-state index in [4.69, 9.17) is 4.74 Å². The number of amides is 2. The van der Waals surface area contributed by atoms with Crippen LogP contribution < -0.4 is 9.64 Å². The molecule has 3 aromatic rings. The molecule has 2 N–H and O–H groups in total. The minimum atomic E-state index is -1.16. The van der Waals surface area contributed by atoms with Gasteiger partial charge in [0.05, 0.1) is 14.5 Å². The number of likely N-dealkylation sites (tertiary alicyclic amines) is 1.